The third-order valence-corrected chi connectivity index (χ3v) is 3.38. The average molecular weight is 264 g/mol. The quantitative estimate of drug-likeness (QED) is 0.598. The molecule has 0 amide bonds. The number of aliphatic hydroxyl groups excluding tert-OH is 2. The van der Waals surface area contributed by atoms with Crippen molar-refractivity contribution in [3.05, 3.63) is 34.9 Å². The third-order valence-electron chi connectivity index (χ3n) is 3.38. The molecule has 1 aromatic heterocycles. The Morgan fingerprint density at radius 1 is 1.47 bits per heavy atom. The van der Waals surface area contributed by atoms with E-state index in [0.29, 0.717) is 30.9 Å². The fraction of sp³-hybridized carbons (Fsp3) is 0.462. The van der Waals surface area contributed by atoms with Crippen LogP contribution in [-0.2, 0) is 13.0 Å². The SMILES string of the molecule is CC1=CC(Cc2cnn(CCO)c2N)C(N)=C(O)C1. The summed E-state index contributed by atoms with van der Waals surface area (Å²) in [7, 11) is 0. The fourth-order valence-corrected chi connectivity index (χ4v) is 2.34. The molecule has 1 unspecified atom stereocenters. The summed E-state index contributed by atoms with van der Waals surface area (Å²) in [5, 5.41) is 22.8. The molecule has 1 heterocycles. The van der Waals surface area contributed by atoms with Crippen molar-refractivity contribution in [1.29, 1.82) is 0 Å². The number of rotatable bonds is 4. The minimum absolute atomic E-state index is 0.00338. The van der Waals surface area contributed by atoms with Crippen LogP contribution in [0.3, 0.4) is 0 Å². The van der Waals surface area contributed by atoms with Crippen LogP contribution in [0.15, 0.2) is 29.3 Å². The Bertz CT molecular complexity index is 531. The first kappa shape index (κ1) is 13.5. The summed E-state index contributed by atoms with van der Waals surface area (Å²) in [4.78, 5) is 0. The summed E-state index contributed by atoms with van der Waals surface area (Å²) >= 11 is 0. The van der Waals surface area contributed by atoms with Gasteiger partial charge in [0.15, 0.2) is 0 Å². The molecule has 1 aliphatic rings. The summed E-state index contributed by atoms with van der Waals surface area (Å²) in [6.07, 6.45) is 4.86. The Kier molecular flexibility index (Phi) is 3.80. The van der Waals surface area contributed by atoms with Gasteiger partial charge in [-0.25, -0.2) is 4.68 Å². The number of hydrogen-bond acceptors (Lipinski definition) is 5. The van der Waals surface area contributed by atoms with Gasteiger partial charge >= 0.3 is 0 Å². The van der Waals surface area contributed by atoms with Gasteiger partial charge in [0.25, 0.3) is 0 Å². The number of nitrogens with two attached hydrogens (primary N) is 2. The molecule has 0 radical (unpaired) electrons. The van der Waals surface area contributed by atoms with E-state index in [0.717, 1.165) is 11.1 Å². The maximum absolute atomic E-state index is 9.78. The first-order chi connectivity index (χ1) is 9.02. The molecule has 1 atom stereocenters. The van der Waals surface area contributed by atoms with Gasteiger partial charge in [0.2, 0.25) is 0 Å². The van der Waals surface area contributed by atoms with Gasteiger partial charge in [-0.2, -0.15) is 5.10 Å². The second kappa shape index (κ2) is 5.36. The Morgan fingerprint density at radius 2 is 2.21 bits per heavy atom. The standard InChI is InChI=1S/C13H20N4O2/c1-8-4-9(12(14)11(19)5-8)6-10-7-16-17(2-3-18)13(10)15/h4,7,9,18-19H,2-3,5-6,14-15H2,1H3. The van der Waals surface area contributed by atoms with E-state index in [1.54, 1.807) is 10.9 Å². The van der Waals surface area contributed by atoms with Gasteiger partial charge in [-0.3, -0.25) is 0 Å². The average Bonchev–Trinajstić information content (AvgIpc) is 2.69. The van der Waals surface area contributed by atoms with Crippen molar-refractivity contribution in [2.24, 2.45) is 11.7 Å². The van der Waals surface area contributed by atoms with Gasteiger partial charge in [0.1, 0.15) is 11.6 Å². The van der Waals surface area contributed by atoms with Crippen molar-refractivity contribution in [3.63, 3.8) is 0 Å². The molecule has 0 aromatic carbocycles. The summed E-state index contributed by atoms with van der Waals surface area (Å²) in [5.74, 6) is 0.729. The second-order valence-electron chi connectivity index (χ2n) is 4.90. The van der Waals surface area contributed by atoms with Crippen molar-refractivity contribution in [3.8, 4) is 0 Å². The lowest BCUT2D eigenvalue weighted by atomic mass is 9.89. The van der Waals surface area contributed by atoms with Gasteiger partial charge in [0, 0.05) is 17.9 Å². The zero-order valence-electron chi connectivity index (χ0n) is 11.0. The summed E-state index contributed by atoms with van der Waals surface area (Å²) < 4.78 is 1.56. The highest BCUT2D eigenvalue weighted by Gasteiger charge is 2.21. The van der Waals surface area contributed by atoms with E-state index in [4.69, 9.17) is 16.6 Å². The molecule has 1 aromatic rings. The Hall–Kier alpha value is -1.95. The van der Waals surface area contributed by atoms with E-state index in [2.05, 4.69) is 11.2 Å². The molecule has 19 heavy (non-hydrogen) atoms. The molecule has 104 valence electrons. The molecular formula is C13H20N4O2. The lowest BCUT2D eigenvalue weighted by Crippen LogP contribution is -2.19. The largest absolute Gasteiger partial charge is 0.510 e. The lowest BCUT2D eigenvalue weighted by molar-refractivity contribution is 0.270. The minimum Gasteiger partial charge on any atom is -0.510 e. The molecule has 0 fully saturated rings. The zero-order valence-corrected chi connectivity index (χ0v) is 11.0. The van der Waals surface area contributed by atoms with E-state index < -0.39 is 0 Å². The highest BCUT2D eigenvalue weighted by Crippen LogP contribution is 2.28. The van der Waals surface area contributed by atoms with Gasteiger partial charge in [-0.15, -0.1) is 0 Å². The van der Waals surface area contributed by atoms with Crippen molar-refractivity contribution in [2.75, 3.05) is 12.3 Å². The molecule has 0 saturated heterocycles. The van der Waals surface area contributed by atoms with E-state index in [1.807, 2.05) is 6.92 Å². The van der Waals surface area contributed by atoms with Crippen molar-refractivity contribution < 1.29 is 10.2 Å². The van der Waals surface area contributed by atoms with Gasteiger partial charge in [0.05, 0.1) is 25.0 Å². The van der Waals surface area contributed by atoms with E-state index >= 15 is 0 Å². The number of aliphatic hydroxyl groups is 2. The Labute approximate surface area is 112 Å². The van der Waals surface area contributed by atoms with Gasteiger partial charge in [-0.1, -0.05) is 11.6 Å². The molecule has 6 heteroatoms. The summed E-state index contributed by atoms with van der Waals surface area (Å²) in [5.41, 5.74) is 14.4. The van der Waals surface area contributed by atoms with E-state index in [1.165, 1.54) is 0 Å². The van der Waals surface area contributed by atoms with Crippen LogP contribution in [0.5, 0.6) is 0 Å². The van der Waals surface area contributed by atoms with Crippen molar-refractivity contribution in [2.45, 2.75) is 26.3 Å². The van der Waals surface area contributed by atoms with E-state index in [-0.39, 0.29) is 18.3 Å². The Balaban J connectivity index is 2.19. The van der Waals surface area contributed by atoms with Gasteiger partial charge < -0.3 is 21.7 Å². The molecular weight excluding hydrogens is 244 g/mol. The van der Waals surface area contributed by atoms with Crippen LogP contribution in [0.2, 0.25) is 0 Å². The minimum atomic E-state index is -0.0529. The molecule has 6 nitrogen and oxygen atoms in total. The van der Waals surface area contributed by atoms with Crippen molar-refractivity contribution in [1.82, 2.24) is 9.78 Å². The second-order valence-corrected chi connectivity index (χ2v) is 4.90. The van der Waals surface area contributed by atoms with Crippen LogP contribution in [0.4, 0.5) is 5.82 Å². The van der Waals surface area contributed by atoms with Crippen LogP contribution in [0.25, 0.3) is 0 Å². The maximum Gasteiger partial charge on any atom is 0.125 e. The molecule has 0 bridgehead atoms. The zero-order chi connectivity index (χ0) is 14.0. The van der Waals surface area contributed by atoms with E-state index in [9.17, 15) is 5.11 Å². The number of hydrogen-bond donors (Lipinski definition) is 4. The number of nitrogens with zero attached hydrogens (tertiary/aromatic N) is 2. The normalized spacial score (nSPS) is 19.7. The number of allylic oxidation sites excluding steroid dienone is 2. The molecule has 1 aliphatic carbocycles. The predicted molar refractivity (Wildman–Crippen MR) is 73.1 cm³/mol. The molecule has 0 aliphatic heterocycles. The third kappa shape index (κ3) is 2.73. The number of aromatic nitrogens is 2. The maximum atomic E-state index is 9.78. The topological polar surface area (TPSA) is 110 Å². The Morgan fingerprint density at radius 3 is 2.89 bits per heavy atom. The summed E-state index contributed by atoms with van der Waals surface area (Å²) in [6.45, 7) is 2.34. The molecule has 6 N–H and O–H groups in total. The predicted octanol–water partition coefficient (Wildman–Crippen LogP) is 0.695. The first-order valence-corrected chi connectivity index (χ1v) is 6.28. The lowest BCUT2D eigenvalue weighted by Gasteiger charge is -2.21. The molecule has 0 spiro atoms. The van der Waals surface area contributed by atoms with Gasteiger partial charge in [-0.05, 0) is 13.3 Å². The highest BCUT2D eigenvalue weighted by molar-refractivity contribution is 5.41. The first-order valence-electron chi connectivity index (χ1n) is 6.28. The van der Waals surface area contributed by atoms with Crippen LogP contribution in [-0.4, -0.2) is 26.6 Å². The van der Waals surface area contributed by atoms with Crippen LogP contribution in [0.1, 0.15) is 18.9 Å². The molecule has 2 rings (SSSR count). The van der Waals surface area contributed by atoms with Crippen molar-refractivity contribution >= 4 is 5.82 Å². The van der Waals surface area contributed by atoms with Crippen LogP contribution in [0, 0.1) is 5.92 Å². The monoisotopic (exact) mass is 264 g/mol. The van der Waals surface area contributed by atoms with Crippen LogP contribution < -0.4 is 11.5 Å². The highest BCUT2D eigenvalue weighted by atomic mass is 16.3. The van der Waals surface area contributed by atoms with Crippen LogP contribution >= 0.6 is 0 Å². The molecule has 0 saturated carbocycles. The number of anilines is 1. The summed E-state index contributed by atoms with van der Waals surface area (Å²) in [6, 6.07) is 0. The number of nitrogen functional groups attached to an aromatic ring is 1. The smallest absolute Gasteiger partial charge is 0.125 e. The fourth-order valence-electron chi connectivity index (χ4n) is 2.34.